The topological polar surface area (TPSA) is 80.9 Å². The Bertz CT molecular complexity index is 806. The maximum atomic E-state index is 10.9. The molecule has 5 fully saturated rings. The summed E-state index contributed by atoms with van der Waals surface area (Å²) >= 11 is 0. The van der Waals surface area contributed by atoms with Crippen molar-refractivity contribution in [1.29, 1.82) is 0 Å². The van der Waals surface area contributed by atoms with Gasteiger partial charge in [0, 0.05) is 5.41 Å². The summed E-state index contributed by atoms with van der Waals surface area (Å²) in [5.74, 6) is 2.49. The fourth-order valence-electron chi connectivity index (χ4n) is 11.3. The van der Waals surface area contributed by atoms with Gasteiger partial charge in [-0.05, 0) is 130 Å². The zero-order valence-corrected chi connectivity index (χ0v) is 22.7. The van der Waals surface area contributed by atoms with Crippen molar-refractivity contribution in [3.63, 3.8) is 0 Å². The highest BCUT2D eigenvalue weighted by Gasteiger charge is 2.82. The highest BCUT2D eigenvalue weighted by molar-refractivity contribution is 5.30. The van der Waals surface area contributed by atoms with Gasteiger partial charge in [0.2, 0.25) is 0 Å². The predicted molar refractivity (Wildman–Crippen MR) is 135 cm³/mol. The summed E-state index contributed by atoms with van der Waals surface area (Å²) < 4.78 is 0. The molecule has 5 saturated carbocycles. The minimum absolute atomic E-state index is 0.117. The second kappa shape index (κ2) is 7.68. The van der Waals surface area contributed by atoms with Crippen molar-refractivity contribution >= 4 is 0 Å². The van der Waals surface area contributed by atoms with Crippen LogP contribution in [0.1, 0.15) is 112 Å². The van der Waals surface area contributed by atoms with Crippen LogP contribution >= 0.6 is 0 Å². The van der Waals surface area contributed by atoms with Crippen molar-refractivity contribution in [3.8, 4) is 0 Å². The van der Waals surface area contributed by atoms with E-state index in [0.29, 0.717) is 45.8 Å². The lowest BCUT2D eigenvalue weighted by atomic mass is 9.41. The van der Waals surface area contributed by atoms with E-state index in [0.717, 1.165) is 25.2 Å². The molecule has 0 saturated heterocycles. The number of hydrogen-bond acceptors (Lipinski definition) is 4. The molecule has 0 aliphatic heterocycles. The summed E-state index contributed by atoms with van der Waals surface area (Å²) in [7, 11) is 0. The normalized spacial score (nSPS) is 53.8. The Labute approximate surface area is 207 Å². The van der Waals surface area contributed by atoms with Crippen LogP contribution in [0.4, 0.5) is 0 Å². The lowest BCUT2D eigenvalue weighted by molar-refractivity contribution is -0.174. The van der Waals surface area contributed by atoms with Crippen molar-refractivity contribution < 1.29 is 20.4 Å². The molecule has 11 unspecified atom stereocenters. The number of rotatable bonds is 6. The van der Waals surface area contributed by atoms with Crippen LogP contribution in [0.5, 0.6) is 0 Å². The quantitative estimate of drug-likeness (QED) is 0.419. The Morgan fingerprint density at radius 1 is 0.853 bits per heavy atom. The molecule has 0 aromatic heterocycles. The highest BCUT2D eigenvalue weighted by atomic mass is 16.3. The molecule has 4 N–H and O–H groups in total. The molecular formula is C30H52O4. The highest BCUT2D eigenvalue weighted by Crippen LogP contribution is 2.89. The van der Waals surface area contributed by atoms with Gasteiger partial charge in [-0.25, -0.2) is 0 Å². The summed E-state index contributed by atoms with van der Waals surface area (Å²) in [5.41, 5.74) is 0.142. The smallest absolute Gasteiger partial charge is 0.0849 e. The van der Waals surface area contributed by atoms with Gasteiger partial charge in [-0.1, -0.05) is 27.7 Å². The molecule has 0 bridgehead atoms. The van der Waals surface area contributed by atoms with Gasteiger partial charge in [0.25, 0.3) is 0 Å². The zero-order valence-electron chi connectivity index (χ0n) is 22.7. The van der Waals surface area contributed by atoms with Gasteiger partial charge < -0.3 is 20.4 Å². The average Bonchev–Trinajstić information content (AvgIpc) is 3.36. The number of aliphatic hydroxyl groups excluding tert-OH is 3. The lowest BCUT2D eigenvalue weighted by Crippen LogP contribution is -2.59. The van der Waals surface area contributed by atoms with Gasteiger partial charge in [0.1, 0.15) is 0 Å². The fourth-order valence-corrected chi connectivity index (χ4v) is 11.3. The molecule has 0 amide bonds. The molecule has 5 rings (SSSR count). The van der Waals surface area contributed by atoms with Crippen LogP contribution in [-0.2, 0) is 0 Å². The van der Waals surface area contributed by atoms with Crippen LogP contribution in [0.25, 0.3) is 0 Å². The van der Waals surface area contributed by atoms with Crippen molar-refractivity contribution in [2.24, 2.45) is 50.7 Å². The van der Waals surface area contributed by atoms with Crippen LogP contribution in [0.2, 0.25) is 0 Å². The van der Waals surface area contributed by atoms with E-state index >= 15 is 0 Å². The third-order valence-corrected chi connectivity index (χ3v) is 13.7. The van der Waals surface area contributed by atoms with E-state index in [2.05, 4.69) is 27.7 Å². The SMILES string of the molecule is CC(CCC(O)C(C)(C)O)C1CCC2(C)C3CCC4C(C)(CO)C(O)CCC45CC35CCC12C. The molecule has 196 valence electrons. The summed E-state index contributed by atoms with van der Waals surface area (Å²) in [5, 5.41) is 41.9. The lowest BCUT2D eigenvalue weighted by Gasteiger charge is -2.63. The monoisotopic (exact) mass is 476 g/mol. The second-order valence-electron chi connectivity index (χ2n) is 15.1. The van der Waals surface area contributed by atoms with Crippen LogP contribution in [0.15, 0.2) is 0 Å². The first kappa shape index (κ1) is 25.5. The predicted octanol–water partition coefficient (Wildman–Crippen LogP) is 5.31. The zero-order chi connectivity index (χ0) is 24.9. The van der Waals surface area contributed by atoms with E-state index in [4.69, 9.17) is 0 Å². The number of hydrogen-bond donors (Lipinski definition) is 4. The molecule has 0 aromatic rings. The first-order valence-corrected chi connectivity index (χ1v) is 14.4. The Hall–Kier alpha value is -0.160. The van der Waals surface area contributed by atoms with Crippen LogP contribution < -0.4 is 0 Å². The van der Waals surface area contributed by atoms with E-state index in [-0.39, 0.29) is 18.1 Å². The Kier molecular flexibility index (Phi) is 5.76. The first-order chi connectivity index (χ1) is 15.7. The molecule has 5 aliphatic rings. The standard InChI is InChI=1S/C30H52O4/c1-19(7-10-23(32)25(2,3)34)20-11-13-28(6)22-9-8-21-26(4,18-31)24(33)12-14-29(21)17-30(22,29)16-15-27(20,28)5/h19-24,31-34H,7-18H2,1-6H3. The summed E-state index contributed by atoms with van der Waals surface area (Å²) in [6.45, 7) is 13.3. The van der Waals surface area contributed by atoms with Gasteiger partial charge in [-0.15, -0.1) is 0 Å². The van der Waals surface area contributed by atoms with E-state index < -0.39 is 11.7 Å². The fraction of sp³-hybridized carbons (Fsp3) is 1.00. The summed E-state index contributed by atoms with van der Waals surface area (Å²) in [6.07, 6.45) is 11.7. The first-order valence-electron chi connectivity index (χ1n) is 14.4. The van der Waals surface area contributed by atoms with E-state index in [1.165, 1.54) is 44.9 Å². The van der Waals surface area contributed by atoms with Gasteiger partial charge in [-0.3, -0.25) is 0 Å². The van der Waals surface area contributed by atoms with Crippen LogP contribution in [0.3, 0.4) is 0 Å². The molecular weight excluding hydrogens is 424 g/mol. The molecule has 34 heavy (non-hydrogen) atoms. The van der Waals surface area contributed by atoms with Gasteiger partial charge in [0.05, 0.1) is 24.4 Å². The van der Waals surface area contributed by atoms with Crippen LogP contribution in [-0.4, -0.2) is 44.8 Å². The maximum Gasteiger partial charge on any atom is 0.0849 e. The number of fused-ring (bicyclic) bond motifs is 2. The summed E-state index contributed by atoms with van der Waals surface area (Å²) in [4.78, 5) is 0. The number of aliphatic hydroxyl groups is 4. The Morgan fingerprint density at radius 3 is 2.15 bits per heavy atom. The van der Waals surface area contributed by atoms with Gasteiger partial charge >= 0.3 is 0 Å². The van der Waals surface area contributed by atoms with Crippen molar-refractivity contribution in [3.05, 3.63) is 0 Å². The van der Waals surface area contributed by atoms with E-state index in [1.807, 2.05) is 0 Å². The minimum Gasteiger partial charge on any atom is -0.396 e. The minimum atomic E-state index is -1.03. The van der Waals surface area contributed by atoms with Gasteiger partial charge in [0.15, 0.2) is 0 Å². The molecule has 0 aromatic carbocycles. The Balaban J connectivity index is 1.37. The van der Waals surface area contributed by atoms with Gasteiger partial charge in [-0.2, -0.15) is 0 Å². The third kappa shape index (κ3) is 3.04. The largest absolute Gasteiger partial charge is 0.396 e. The van der Waals surface area contributed by atoms with Crippen molar-refractivity contribution in [2.75, 3.05) is 6.61 Å². The molecule has 0 heterocycles. The van der Waals surface area contributed by atoms with E-state index in [9.17, 15) is 20.4 Å². The summed E-state index contributed by atoms with van der Waals surface area (Å²) in [6, 6.07) is 0. The maximum absolute atomic E-state index is 10.9. The van der Waals surface area contributed by atoms with Crippen molar-refractivity contribution in [1.82, 2.24) is 0 Å². The second-order valence-corrected chi connectivity index (χ2v) is 15.1. The Morgan fingerprint density at radius 2 is 1.50 bits per heavy atom. The van der Waals surface area contributed by atoms with E-state index in [1.54, 1.807) is 13.8 Å². The molecule has 2 spiro atoms. The molecule has 4 heteroatoms. The molecule has 11 atom stereocenters. The van der Waals surface area contributed by atoms with Crippen molar-refractivity contribution in [2.45, 2.75) is 130 Å². The molecule has 5 aliphatic carbocycles. The third-order valence-electron chi connectivity index (χ3n) is 13.7. The molecule has 0 radical (unpaired) electrons. The molecule has 4 nitrogen and oxygen atoms in total. The van der Waals surface area contributed by atoms with Crippen LogP contribution in [0, 0.1) is 50.7 Å². The average molecular weight is 477 g/mol.